The lowest BCUT2D eigenvalue weighted by atomic mass is 10.1. The Labute approximate surface area is 174 Å². The number of rotatable bonds is 8. The average molecular weight is 411 g/mol. The molecule has 0 unspecified atom stereocenters. The maximum absolute atomic E-state index is 12.1. The first-order valence-electron chi connectivity index (χ1n) is 9.80. The third-order valence-electron chi connectivity index (χ3n) is 4.85. The van der Waals surface area contributed by atoms with Crippen molar-refractivity contribution in [2.75, 3.05) is 37.0 Å². The molecule has 2 aromatic carbocycles. The molecule has 1 amide bonds. The smallest absolute Gasteiger partial charge is 0.270 e. The lowest BCUT2D eigenvalue weighted by molar-refractivity contribution is -0.384. The SMILES string of the molecule is COc1ccc(NCC(=O)N/N=C/c2cc([N+](=O)[O-])ccc2N2CCCCC2)cc1. The molecule has 0 saturated carbocycles. The number of carbonyl (C=O) groups excluding carboxylic acids is 1. The van der Waals surface area contributed by atoms with Crippen LogP contribution < -0.4 is 20.4 Å². The number of amides is 1. The Morgan fingerprint density at radius 1 is 1.20 bits per heavy atom. The minimum Gasteiger partial charge on any atom is -0.497 e. The number of hydrogen-bond acceptors (Lipinski definition) is 7. The summed E-state index contributed by atoms with van der Waals surface area (Å²) < 4.78 is 5.09. The minimum atomic E-state index is -0.436. The van der Waals surface area contributed by atoms with Gasteiger partial charge in [0.25, 0.3) is 11.6 Å². The van der Waals surface area contributed by atoms with Crippen LogP contribution in [-0.4, -0.2) is 43.8 Å². The normalized spacial score (nSPS) is 13.8. The van der Waals surface area contributed by atoms with Crippen LogP contribution >= 0.6 is 0 Å². The fourth-order valence-corrected chi connectivity index (χ4v) is 3.29. The van der Waals surface area contributed by atoms with Crippen LogP contribution in [0, 0.1) is 10.1 Å². The van der Waals surface area contributed by atoms with Gasteiger partial charge in [0.1, 0.15) is 5.75 Å². The third kappa shape index (κ3) is 5.69. The van der Waals surface area contributed by atoms with Gasteiger partial charge in [-0.05, 0) is 49.6 Å². The van der Waals surface area contributed by atoms with Gasteiger partial charge in [-0.3, -0.25) is 14.9 Å². The Kier molecular flexibility index (Phi) is 7.20. The summed E-state index contributed by atoms with van der Waals surface area (Å²) in [5.74, 6) is 0.406. The van der Waals surface area contributed by atoms with E-state index >= 15 is 0 Å². The molecule has 1 saturated heterocycles. The second-order valence-electron chi connectivity index (χ2n) is 6.92. The average Bonchev–Trinajstić information content (AvgIpc) is 2.78. The molecule has 158 valence electrons. The first-order chi connectivity index (χ1) is 14.6. The van der Waals surface area contributed by atoms with Crippen LogP contribution in [0.3, 0.4) is 0 Å². The van der Waals surface area contributed by atoms with E-state index in [2.05, 4.69) is 20.7 Å². The number of anilines is 2. The molecule has 0 bridgehead atoms. The second kappa shape index (κ2) is 10.2. The minimum absolute atomic E-state index is 0.00953. The summed E-state index contributed by atoms with van der Waals surface area (Å²) in [4.78, 5) is 25.0. The second-order valence-corrected chi connectivity index (χ2v) is 6.92. The number of non-ortho nitro benzene ring substituents is 1. The molecule has 1 aliphatic heterocycles. The summed E-state index contributed by atoms with van der Waals surface area (Å²) >= 11 is 0. The van der Waals surface area contributed by atoms with Gasteiger partial charge in [0.2, 0.25) is 0 Å². The van der Waals surface area contributed by atoms with Crippen molar-refractivity contribution in [1.29, 1.82) is 0 Å². The van der Waals surface area contributed by atoms with Gasteiger partial charge in [0.15, 0.2) is 0 Å². The molecule has 0 aliphatic carbocycles. The Balaban J connectivity index is 1.62. The number of nitrogens with one attached hydrogen (secondary N) is 2. The topological polar surface area (TPSA) is 109 Å². The van der Waals surface area contributed by atoms with Crippen LogP contribution in [0.15, 0.2) is 47.6 Å². The molecular formula is C21H25N5O4. The monoisotopic (exact) mass is 411 g/mol. The molecule has 2 aromatic rings. The van der Waals surface area contributed by atoms with Crippen LogP contribution in [-0.2, 0) is 4.79 Å². The van der Waals surface area contributed by atoms with Crippen molar-refractivity contribution in [3.8, 4) is 5.75 Å². The van der Waals surface area contributed by atoms with Crippen LogP contribution in [0.4, 0.5) is 17.1 Å². The van der Waals surface area contributed by atoms with E-state index in [1.54, 1.807) is 25.3 Å². The predicted octanol–water partition coefficient (Wildman–Crippen LogP) is 3.16. The van der Waals surface area contributed by atoms with Gasteiger partial charge in [-0.25, -0.2) is 5.43 Å². The Morgan fingerprint density at radius 3 is 2.60 bits per heavy atom. The van der Waals surface area contributed by atoms with Gasteiger partial charge in [-0.15, -0.1) is 0 Å². The molecule has 30 heavy (non-hydrogen) atoms. The molecule has 9 heteroatoms. The number of nitrogens with zero attached hydrogens (tertiary/aromatic N) is 3. The number of methoxy groups -OCH3 is 1. The van der Waals surface area contributed by atoms with Crippen LogP contribution in [0.1, 0.15) is 24.8 Å². The lowest BCUT2D eigenvalue weighted by Gasteiger charge is -2.29. The van der Waals surface area contributed by atoms with Gasteiger partial charge >= 0.3 is 0 Å². The van der Waals surface area contributed by atoms with E-state index in [1.165, 1.54) is 24.8 Å². The van der Waals surface area contributed by atoms with Crippen LogP contribution in [0.2, 0.25) is 0 Å². The van der Waals surface area contributed by atoms with E-state index in [0.717, 1.165) is 43.1 Å². The summed E-state index contributed by atoms with van der Waals surface area (Å²) in [6, 6.07) is 11.9. The molecule has 9 nitrogen and oxygen atoms in total. The molecule has 1 fully saturated rings. The van der Waals surface area contributed by atoms with E-state index in [9.17, 15) is 14.9 Å². The standard InChI is InChI=1S/C21H25N5O4/c1-30-19-8-5-17(6-9-19)22-15-21(27)24-23-14-16-13-18(26(28)29)7-10-20(16)25-11-3-2-4-12-25/h5-10,13-14,22H,2-4,11-12,15H2,1H3,(H,24,27)/b23-14+. The van der Waals surface area contributed by atoms with Crippen molar-refractivity contribution in [3.05, 3.63) is 58.1 Å². The van der Waals surface area contributed by atoms with Crippen molar-refractivity contribution < 1.29 is 14.5 Å². The Hall–Kier alpha value is -3.62. The van der Waals surface area contributed by atoms with E-state index in [0.29, 0.717) is 5.56 Å². The number of nitro benzene ring substituents is 1. The number of ether oxygens (including phenoxy) is 1. The van der Waals surface area contributed by atoms with Crippen molar-refractivity contribution >= 4 is 29.2 Å². The highest BCUT2D eigenvalue weighted by molar-refractivity contribution is 5.90. The van der Waals surface area contributed by atoms with Crippen molar-refractivity contribution in [3.63, 3.8) is 0 Å². The number of nitro groups is 1. The summed E-state index contributed by atoms with van der Waals surface area (Å²) in [6.45, 7) is 1.84. The maximum Gasteiger partial charge on any atom is 0.270 e. The molecule has 1 heterocycles. The number of hydrogen-bond donors (Lipinski definition) is 2. The predicted molar refractivity (Wildman–Crippen MR) is 116 cm³/mol. The molecule has 3 rings (SSSR count). The van der Waals surface area contributed by atoms with Gasteiger partial charge in [-0.1, -0.05) is 0 Å². The summed E-state index contributed by atoms with van der Waals surface area (Å²) in [7, 11) is 1.59. The fourth-order valence-electron chi connectivity index (χ4n) is 3.29. The van der Waals surface area contributed by atoms with Gasteiger partial charge in [0, 0.05) is 42.2 Å². The largest absolute Gasteiger partial charge is 0.497 e. The Morgan fingerprint density at radius 2 is 1.93 bits per heavy atom. The highest BCUT2D eigenvalue weighted by Crippen LogP contribution is 2.26. The summed E-state index contributed by atoms with van der Waals surface area (Å²) in [5, 5.41) is 18.1. The van der Waals surface area contributed by atoms with Crippen molar-refractivity contribution in [1.82, 2.24) is 5.43 Å². The first kappa shape index (κ1) is 21.1. The highest BCUT2D eigenvalue weighted by atomic mass is 16.6. The zero-order valence-corrected chi connectivity index (χ0v) is 16.8. The van der Waals surface area contributed by atoms with Gasteiger partial charge in [0.05, 0.1) is 24.8 Å². The molecule has 0 radical (unpaired) electrons. The van der Waals surface area contributed by atoms with Crippen LogP contribution in [0.5, 0.6) is 5.75 Å². The number of benzene rings is 2. The Bertz CT molecular complexity index is 908. The highest BCUT2D eigenvalue weighted by Gasteiger charge is 2.17. The third-order valence-corrected chi connectivity index (χ3v) is 4.85. The van der Waals surface area contributed by atoms with E-state index < -0.39 is 4.92 Å². The number of piperidine rings is 1. The van der Waals surface area contributed by atoms with Gasteiger partial charge in [-0.2, -0.15) is 5.10 Å². The lowest BCUT2D eigenvalue weighted by Crippen LogP contribution is -2.30. The first-order valence-corrected chi connectivity index (χ1v) is 9.80. The van der Waals surface area contributed by atoms with Crippen molar-refractivity contribution in [2.24, 2.45) is 5.10 Å². The fraction of sp³-hybridized carbons (Fsp3) is 0.333. The molecular weight excluding hydrogens is 386 g/mol. The number of hydrazone groups is 1. The molecule has 1 aliphatic rings. The molecule has 0 atom stereocenters. The molecule has 0 spiro atoms. The van der Waals surface area contributed by atoms with Crippen molar-refractivity contribution in [2.45, 2.75) is 19.3 Å². The quantitative estimate of drug-likeness (QED) is 0.392. The van der Waals surface area contributed by atoms with E-state index in [1.807, 2.05) is 12.1 Å². The van der Waals surface area contributed by atoms with E-state index in [4.69, 9.17) is 4.74 Å². The zero-order chi connectivity index (χ0) is 21.3. The zero-order valence-electron chi connectivity index (χ0n) is 16.8. The van der Waals surface area contributed by atoms with E-state index in [-0.39, 0.29) is 18.1 Å². The maximum atomic E-state index is 12.1. The number of carbonyl (C=O) groups is 1. The summed E-state index contributed by atoms with van der Waals surface area (Å²) in [5.41, 5.74) is 4.72. The molecule has 2 N–H and O–H groups in total. The molecule has 0 aromatic heterocycles. The van der Waals surface area contributed by atoms with Crippen LogP contribution in [0.25, 0.3) is 0 Å². The summed E-state index contributed by atoms with van der Waals surface area (Å²) in [6.07, 6.45) is 4.81. The van der Waals surface area contributed by atoms with Gasteiger partial charge < -0.3 is 15.0 Å².